The molecule has 2 amide bonds. The first-order chi connectivity index (χ1) is 12.3. The lowest BCUT2D eigenvalue weighted by Crippen LogP contribution is -2.38. The number of rotatable bonds is 6. The van der Waals surface area contributed by atoms with E-state index in [1.165, 1.54) is 12.1 Å². The molecule has 0 bridgehead atoms. The van der Waals surface area contributed by atoms with Crippen molar-refractivity contribution in [3.05, 3.63) is 71.3 Å². The number of amides is 2. The van der Waals surface area contributed by atoms with E-state index in [0.29, 0.717) is 5.56 Å². The third-order valence-corrected chi connectivity index (χ3v) is 3.75. The molecule has 0 saturated carbocycles. The van der Waals surface area contributed by atoms with Gasteiger partial charge in [-0.2, -0.15) is 13.2 Å². The van der Waals surface area contributed by atoms with E-state index in [1.807, 2.05) is 18.2 Å². The standard InChI is InChI=1S/C19H19F3N2O2/c1-13(15-8-5-9-16(11-15)19(20,21)22)24-18(26)12-23-17(25)10-14-6-3-2-4-7-14/h2-9,11,13H,10,12H2,1H3,(H,23,25)(H,24,26)/t13-/m0/s1. The summed E-state index contributed by atoms with van der Waals surface area (Å²) in [7, 11) is 0. The first kappa shape index (κ1) is 19.5. The summed E-state index contributed by atoms with van der Waals surface area (Å²) in [6.45, 7) is 1.34. The number of benzene rings is 2. The fraction of sp³-hybridized carbons (Fsp3) is 0.263. The van der Waals surface area contributed by atoms with Crippen molar-refractivity contribution in [2.75, 3.05) is 6.54 Å². The highest BCUT2D eigenvalue weighted by molar-refractivity contribution is 5.85. The Morgan fingerprint density at radius 3 is 2.35 bits per heavy atom. The summed E-state index contributed by atoms with van der Waals surface area (Å²) in [5.41, 5.74) is 0.388. The van der Waals surface area contributed by atoms with Crippen molar-refractivity contribution in [3.63, 3.8) is 0 Å². The first-order valence-corrected chi connectivity index (χ1v) is 8.03. The first-order valence-electron chi connectivity index (χ1n) is 8.03. The Labute approximate surface area is 149 Å². The van der Waals surface area contributed by atoms with Gasteiger partial charge in [0.05, 0.1) is 24.6 Å². The van der Waals surface area contributed by atoms with Gasteiger partial charge in [0.1, 0.15) is 0 Å². The molecule has 138 valence electrons. The molecular weight excluding hydrogens is 345 g/mol. The molecule has 2 aromatic carbocycles. The third-order valence-electron chi connectivity index (χ3n) is 3.75. The largest absolute Gasteiger partial charge is 0.416 e. The van der Waals surface area contributed by atoms with E-state index >= 15 is 0 Å². The maximum Gasteiger partial charge on any atom is 0.416 e. The molecule has 0 saturated heterocycles. The summed E-state index contributed by atoms with van der Waals surface area (Å²) in [4.78, 5) is 23.7. The Morgan fingerprint density at radius 1 is 1.00 bits per heavy atom. The molecule has 0 spiro atoms. The molecule has 7 heteroatoms. The van der Waals surface area contributed by atoms with Crippen molar-refractivity contribution in [2.24, 2.45) is 0 Å². The fourth-order valence-corrected chi connectivity index (χ4v) is 2.38. The smallest absolute Gasteiger partial charge is 0.348 e. The van der Waals surface area contributed by atoms with E-state index in [0.717, 1.165) is 17.7 Å². The van der Waals surface area contributed by atoms with Crippen LogP contribution in [0.2, 0.25) is 0 Å². The zero-order chi connectivity index (χ0) is 19.2. The van der Waals surface area contributed by atoms with E-state index in [4.69, 9.17) is 0 Å². The molecule has 0 aliphatic carbocycles. The van der Waals surface area contributed by atoms with E-state index in [1.54, 1.807) is 19.1 Å². The van der Waals surface area contributed by atoms with Gasteiger partial charge in [0.2, 0.25) is 11.8 Å². The molecule has 0 unspecified atom stereocenters. The lowest BCUT2D eigenvalue weighted by molar-refractivity contribution is -0.137. The van der Waals surface area contributed by atoms with Crippen LogP contribution >= 0.6 is 0 Å². The molecule has 1 atom stereocenters. The lowest BCUT2D eigenvalue weighted by Gasteiger charge is -2.16. The summed E-state index contributed by atoms with van der Waals surface area (Å²) in [6.07, 6.45) is -4.29. The van der Waals surface area contributed by atoms with Gasteiger partial charge in [-0.05, 0) is 30.2 Å². The lowest BCUT2D eigenvalue weighted by atomic mass is 10.0. The van der Waals surface area contributed by atoms with Crippen LogP contribution in [-0.2, 0) is 22.2 Å². The molecule has 2 N–H and O–H groups in total. The Hall–Kier alpha value is -2.83. The Kier molecular flexibility index (Phi) is 6.38. The van der Waals surface area contributed by atoms with Gasteiger partial charge in [0, 0.05) is 0 Å². The van der Waals surface area contributed by atoms with Crippen LogP contribution in [0.1, 0.15) is 29.7 Å². The normalized spacial score (nSPS) is 12.3. The molecule has 0 aliphatic heterocycles. The number of alkyl halides is 3. The molecule has 2 rings (SSSR count). The number of hydrogen-bond donors (Lipinski definition) is 2. The minimum atomic E-state index is -4.44. The number of halogens is 3. The molecule has 0 heterocycles. The van der Waals surface area contributed by atoms with Crippen LogP contribution in [0, 0.1) is 0 Å². The highest BCUT2D eigenvalue weighted by atomic mass is 19.4. The topological polar surface area (TPSA) is 58.2 Å². The maximum absolute atomic E-state index is 12.7. The quantitative estimate of drug-likeness (QED) is 0.827. The Morgan fingerprint density at radius 2 is 1.69 bits per heavy atom. The van der Waals surface area contributed by atoms with Crippen molar-refractivity contribution in [3.8, 4) is 0 Å². The molecule has 0 fully saturated rings. The highest BCUT2D eigenvalue weighted by Crippen LogP contribution is 2.30. The van der Waals surface area contributed by atoms with E-state index in [2.05, 4.69) is 10.6 Å². The zero-order valence-electron chi connectivity index (χ0n) is 14.1. The number of carbonyl (C=O) groups is 2. The summed E-state index contributed by atoms with van der Waals surface area (Å²) in [5.74, 6) is -0.783. The van der Waals surface area contributed by atoms with Crippen LogP contribution in [0.4, 0.5) is 13.2 Å². The number of hydrogen-bond acceptors (Lipinski definition) is 2. The second-order valence-electron chi connectivity index (χ2n) is 5.85. The minimum absolute atomic E-state index is 0.150. The van der Waals surface area contributed by atoms with Gasteiger partial charge in [0.15, 0.2) is 0 Å². The summed E-state index contributed by atoms with van der Waals surface area (Å²) >= 11 is 0. The molecule has 26 heavy (non-hydrogen) atoms. The molecule has 0 aliphatic rings. The van der Waals surface area contributed by atoms with Crippen molar-refractivity contribution in [1.29, 1.82) is 0 Å². The van der Waals surface area contributed by atoms with Crippen molar-refractivity contribution >= 4 is 11.8 Å². The van der Waals surface area contributed by atoms with Gasteiger partial charge in [-0.3, -0.25) is 9.59 Å². The van der Waals surface area contributed by atoms with Crippen LogP contribution in [0.15, 0.2) is 54.6 Å². The Bertz CT molecular complexity index is 761. The predicted octanol–water partition coefficient (Wildman–Crippen LogP) is 3.24. The van der Waals surface area contributed by atoms with Gasteiger partial charge in [0.25, 0.3) is 0 Å². The van der Waals surface area contributed by atoms with Crippen molar-refractivity contribution in [1.82, 2.24) is 10.6 Å². The van der Waals surface area contributed by atoms with Gasteiger partial charge < -0.3 is 10.6 Å². The summed E-state index contributed by atoms with van der Waals surface area (Å²) in [6, 6.07) is 13.2. The van der Waals surface area contributed by atoms with Crippen LogP contribution < -0.4 is 10.6 Å². The molecule has 4 nitrogen and oxygen atoms in total. The Balaban J connectivity index is 1.84. The van der Waals surface area contributed by atoms with E-state index in [9.17, 15) is 22.8 Å². The highest BCUT2D eigenvalue weighted by Gasteiger charge is 2.30. The molecule has 0 radical (unpaired) electrons. The van der Waals surface area contributed by atoms with Crippen LogP contribution in [-0.4, -0.2) is 18.4 Å². The maximum atomic E-state index is 12.7. The van der Waals surface area contributed by atoms with Crippen LogP contribution in [0.3, 0.4) is 0 Å². The molecular formula is C19H19F3N2O2. The van der Waals surface area contributed by atoms with Gasteiger partial charge >= 0.3 is 6.18 Å². The van der Waals surface area contributed by atoms with Crippen LogP contribution in [0.5, 0.6) is 0 Å². The molecule has 0 aromatic heterocycles. The van der Waals surface area contributed by atoms with Gasteiger partial charge in [-0.1, -0.05) is 42.5 Å². The number of nitrogens with one attached hydrogen (secondary N) is 2. The fourth-order valence-electron chi connectivity index (χ4n) is 2.38. The second kappa shape index (κ2) is 8.51. The summed E-state index contributed by atoms with van der Waals surface area (Å²) < 4.78 is 38.2. The van der Waals surface area contributed by atoms with E-state index < -0.39 is 23.7 Å². The summed E-state index contributed by atoms with van der Waals surface area (Å²) in [5, 5.41) is 5.07. The average Bonchev–Trinajstić information content (AvgIpc) is 2.60. The zero-order valence-corrected chi connectivity index (χ0v) is 14.1. The van der Waals surface area contributed by atoms with Gasteiger partial charge in [-0.25, -0.2) is 0 Å². The van der Waals surface area contributed by atoms with Gasteiger partial charge in [-0.15, -0.1) is 0 Å². The predicted molar refractivity (Wildman–Crippen MR) is 91.2 cm³/mol. The van der Waals surface area contributed by atoms with E-state index in [-0.39, 0.29) is 18.9 Å². The second-order valence-corrected chi connectivity index (χ2v) is 5.85. The number of carbonyl (C=O) groups excluding carboxylic acids is 2. The van der Waals surface area contributed by atoms with Crippen LogP contribution in [0.25, 0.3) is 0 Å². The monoisotopic (exact) mass is 364 g/mol. The van der Waals surface area contributed by atoms with Crippen molar-refractivity contribution < 1.29 is 22.8 Å². The molecule has 2 aromatic rings. The average molecular weight is 364 g/mol. The van der Waals surface area contributed by atoms with Crippen molar-refractivity contribution in [2.45, 2.75) is 25.6 Å². The minimum Gasteiger partial charge on any atom is -0.348 e. The SMILES string of the molecule is C[C@H](NC(=O)CNC(=O)Cc1ccccc1)c1cccc(C(F)(F)F)c1. The third kappa shape index (κ3) is 5.91.